The second kappa shape index (κ2) is 1.43. The summed E-state index contributed by atoms with van der Waals surface area (Å²) in [7, 11) is 0. The van der Waals surface area contributed by atoms with Gasteiger partial charge in [0.15, 0.2) is 6.29 Å². The molecule has 2 unspecified atom stereocenters. The Kier molecular flexibility index (Phi) is 1.03. The molecule has 0 saturated carbocycles. The van der Waals surface area contributed by atoms with Crippen LogP contribution in [0.3, 0.4) is 0 Å². The molecule has 0 amide bonds. The zero-order valence-corrected chi connectivity index (χ0v) is 4.03. The second-order valence-electron chi connectivity index (χ2n) is 1.72. The lowest BCUT2D eigenvalue weighted by molar-refractivity contribution is -0.0581. The zero-order chi connectivity index (χ0) is 5.44. The number of ether oxygens (including phenoxy) is 1. The van der Waals surface area contributed by atoms with Gasteiger partial charge in [0.2, 0.25) is 0 Å². The van der Waals surface area contributed by atoms with Crippen LogP contribution in [0.4, 0.5) is 0 Å². The van der Waals surface area contributed by atoms with Crippen molar-refractivity contribution in [3.63, 3.8) is 0 Å². The number of aliphatic hydroxyl groups excluding tert-OH is 1. The standard InChI is InChI=1S/C4H8O3/c1-2-3(7-2)4(5)6/h2-6H,1H3. The quantitative estimate of drug-likeness (QED) is 0.334. The highest BCUT2D eigenvalue weighted by Gasteiger charge is 2.39. The lowest BCUT2D eigenvalue weighted by Gasteiger charge is -1.91. The predicted molar refractivity (Wildman–Crippen MR) is 22.6 cm³/mol. The van der Waals surface area contributed by atoms with Crippen molar-refractivity contribution < 1.29 is 14.9 Å². The normalized spacial score (nSPS) is 39.4. The SMILES string of the molecule is CC1OC1C(O)O. The molecule has 0 aromatic heterocycles. The fourth-order valence-corrected chi connectivity index (χ4v) is 0.515. The average Bonchev–Trinajstić information content (AvgIpc) is 2.17. The Labute approximate surface area is 41.5 Å². The van der Waals surface area contributed by atoms with E-state index < -0.39 is 6.29 Å². The Bertz CT molecular complexity index is 71.3. The van der Waals surface area contributed by atoms with Gasteiger partial charge < -0.3 is 14.9 Å². The molecule has 1 rings (SSSR count). The van der Waals surface area contributed by atoms with Crippen molar-refractivity contribution in [2.75, 3.05) is 0 Å². The summed E-state index contributed by atoms with van der Waals surface area (Å²) in [5, 5.41) is 16.6. The Balaban J connectivity index is 2.20. The van der Waals surface area contributed by atoms with Gasteiger partial charge in [0, 0.05) is 0 Å². The number of hydrogen-bond donors (Lipinski definition) is 2. The minimum atomic E-state index is -1.28. The molecule has 0 aromatic rings. The monoisotopic (exact) mass is 104 g/mol. The van der Waals surface area contributed by atoms with Crippen LogP contribution in [0.1, 0.15) is 6.92 Å². The summed E-state index contributed by atoms with van der Waals surface area (Å²) in [6.45, 7) is 1.80. The third-order valence-electron chi connectivity index (χ3n) is 1.05. The molecule has 1 aliphatic heterocycles. The van der Waals surface area contributed by atoms with Gasteiger partial charge in [-0.3, -0.25) is 0 Å². The number of epoxide rings is 1. The summed E-state index contributed by atoms with van der Waals surface area (Å²) in [5.74, 6) is 0. The summed E-state index contributed by atoms with van der Waals surface area (Å²) in [5.41, 5.74) is 0. The molecular formula is C4H8O3. The lowest BCUT2D eigenvalue weighted by atomic mass is 10.3. The Morgan fingerprint density at radius 2 is 2.00 bits per heavy atom. The topological polar surface area (TPSA) is 53.0 Å². The van der Waals surface area contributed by atoms with Gasteiger partial charge in [-0.25, -0.2) is 0 Å². The highest BCUT2D eigenvalue weighted by Crippen LogP contribution is 2.22. The first kappa shape index (κ1) is 5.03. The summed E-state index contributed by atoms with van der Waals surface area (Å²) in [4.78, 5) is 0. The Morgan fingerprint density at radius 1 is 1.57 bits per heavy atom. The molecule has 0 spiro atoms. The first-order valence-electron chi connectivity index (χ1n) is 2.23. The summed E-state index contributed by atoms with van der Waals surface area (Å²) in [6, 6.07) is 0. The largest absolute Gasteiger partial charge is 0.366 e. The summed E-state index contributed by atoms with van der Waals surface area (Å²) >= 11 is 0. The zero-order valence-electron chi connectivity index (χ0n) is 4.03. The molecule has 2 N–H and O–H groups in total. The molecule has 7 heavy (non-hydrogen) atoms. The van der Waals surface area contributed by atoms with E-state index in [9.17, 15) is 0 Å². The van der Waals surface area contributed by atoms with Gasteiger partial charge in [-0.2, -0.15) is 0 Å². The molecule has 1 fully saturated rings. The molecule has 42 valence electrons. The van der Waals surface area contributed by atoms with E-state index in [2.05, 4.69) is 4.74 Å². The number of aliphatic hydroxyl groups is 2. The fourth-order valence-electron chi connectivity index (χ4n) is 0.515. The van der Waals surface area contributed by atoms with Crippen LogP contribution >= 0.6 is 0 Å². The van der Waals surface area contributed by atoms with Crippen molar-refractivity contribution in [2.45, 2.75) is 25.4 Å². The summed E-state index contributed by atoms with van der Waals surface area (Å²) < 4.78 is 4.68. The molecule has 0 radical (unpaired) electrons. The highest BCUT2D eigenvalue weighted by molar-refractivity contribution is 4.81. The van der Waals surface area contributed by atoms with Gasteiger partial charge >= 0.3 is 0 Å². The van der Waals surface area contributed by atoms with E-state index in [0.717, 1.165) is 0 Å². The third-order valence-corrected chi connectivity index (χ3v) is 1.05. The maximum Gasteiger partial charge on any atom is 0.181 e. The van der Waals surface area contributed by atoms with Gasteiger partial charge in [-0.15, -0.1) is 0 Å². The van der Waals surface area contributed by atoms with Crippen molar-refractivity contribution in [3.05, 3.63) is 0 Å². The van der Waals surface area contributed by atoms with Crippen LogP contribution in [0.2, 0.25) is 0 Å². The molecule has 0 aromatic carbocycles. The van der Waals surface area contributed by atoms with Gasteiger partial charge in [0.25, 0.3) is 0 Å². The predicted octanol–water partition coefficient (Wildman–Crippen LogP) is -0.916. The van der Waals surface area contributed by atoms with E-state index in [1.54, 1.807) is 6.92 Å². The van der Waals surface area contributed by atoms with Crippen LogP contribution in [0, 0.1) is 0 Å². The van der Waals surface area contributed by atoms with Gasteiger partial charge in [0.05, 0.1) is 6.10 Å². The van der Waals surface area contributed by atoms with Gasteiger partial charge in [-0.1, -0.05) is 0 Å². The van der Waals surface area contributed by atoms with Crippen LogP contribution in [0.5, 0.6) is 0 Å². The minimum absolute atomic E-state index is 0.0417. The van der Waals surface area contributed by atoms with Gasteiger partial charge in [-0.05, 0) is 6.92 Å². The Morgan fingerprint density at radius 3 is 2.00 bits per heavy atom. The number of rotatable bonds is 1. The van der Waals surface area contributed by atoms with Gasteiger partial charge in [0.1, 0.15) is 6.10 Å². The van der Waals surface area contributed by atoms with E-state index in [-0.39, 0.29) is 12.2 Å². The van der Waals surface area contributed by atoms with Crippen molar-refractivity contribution in [3.8, 4) is 0 Å². The second-order valence-corrected chi connectivity index (χ2v) is 1.72. The highest BCUT2D eigenvalue weighted by atomic mass is 16.6. The maximum absolute atomic E-state index is 8.29. The number of hydrogen-bond acceptors (Lipinski definition) is 3. The van der Waals surface area contributed by atoms with E-state index in [1.807, 2.05) is 0 Å². The average molecular weight is 104 g/mol. The lowest BCUT2D eigenvalue weighted by Crippen LogP contribution is -2.13. The molecular weight excluding hydrogens is 96.0 g/mol. The van der Waals surface area contributed by atoms with Crippen LogP contribution in [0.15, 0.2) is 0 Å². The van der Waals surface area contributed by atoms with Crippen molar-refractivity contribution >= 4 is 0 Å². The molecule has 1 saturated heterocycles. The first-order chi connectivity index (χ1) is 3.22. The molecule has 0 bridgehead atoms. The summed E-state index contributed by atoms with van der Waals surface area (Å²) in [6.07, 6.45) is -1.56. The third kappa shape index (κ3) is 0.907. The molecule has 2 atom stereocenters. The smallest absolute Gasteiger partial charge is 0.181 e. The molecule has 3 nitrogen and oxygen atoms in total. The van der Waals surface area contributed by atoms with E-state index in [1.165, 1.54) is 0 Å². The molecule has 3 heteroatoms. The molecule has 1 aliphatic rings. The fraction of sp³-hybridized carbons (Fsp3) is 1.00. The minimum Gasteiger partial charge on any atom is -0.366 e. The van der Waals surface area contributed by atoms with Crippen LogP contribution < -0.4 is 0 Å². The first-order valence-corrected chi connectivity index (χ1v) is 2.23. The van der Waals surface area contributed by atoms with Crippen molar-refractivity contribution in [1.82, 2.24) is 0 Å². The molecule has 1 heterocycles. The van der Waals surface area contributed by atoms with E-state index >= 15 is 0 Å². The van der Waals surface area contributed by atoms with Crippen molar-refractivity contribution in [2.24, 2.45) is 0 Å². The Hall–Kier alpha value is -0.120. The van der Waals surface area contributed by atoms with Crippen LogP contribution in [-0.2, 0) is 4.74 Å². The maximum atomic E-state index is 8.29. The van der Waals surface area contributed by atoms with Crippen molar-refractivity contribution in [1.29, 1.82) is 0 Å². The van der Waals surface area contributed by atoms with Crippen LogP contribution in [-0.4, -0.2) is 28.7 Å². The van der Waals surface area contributed by atoms with Crippen LogP contribution in [0.25, 0.3) is 0 Å². The molecule has 0 aliphatic carbocycles. The van der Waals surface area contributed by atoms with E-state index in [4.69, 9.17) is 10.2 Å². The van der Waals surface area contributed by atoms with E-state index in [0.29, 0.717) is 0 Å².